The van der Waals surface area contributed by atoms with Crippen molar-refractivity contribution in [3.8, 4) is 0 Å². The molecular formula is C20H35N5O3. The number of nitrogens with one attached hydrogen (secondary N) is 2. The van der Waals surface area contributed by atoms with Gasteiger partial charge < -0.3 is 15.4 Å². The van der Waals surface area contributed by atoms with Crippen LogP contribution in [0.5, 0.6) is 0 Å². The molecule has 1 saturated carbocycles. The highest BCUT2D eigenvalue weighted by Gasteiger charge is 2.39. The molecule has 1 atom stereocenters. The van der Waals surface area contributed by atoms with Crippen molar-refractivity contribution in [2.75, 3.05) is 13.7 Å². The lowest BCUT2D eigenvalue weighted by Gasteiger charge is -2.42. The number of hydrogen-bond donors (Lipinski definition) is 2. The number of hydrogen-bond acceptors (Lipinski definition) is 5. The summed E-state index contributed by atoms with van der Waals surface area (Å²) in [4.78, 5) is 25.0. The quantitative estimate of drug-likeness (QED) is 0.600. The van der Waals surface area contributed by atoms with E-state index in [9.17, 15) is 9.59 Å². The Morgan fingerprint density at radius 2 is 1.96 bits per heavy atom. The predicted octanol–water partition coefficient (Wildman–Crippen LogP) is 2.15. The fourth-order valence-electron chi connectivity index (χ4n) is 3.27. The number of nitrogens with zero attached hydrogens (tertiary/aromatic N) is 3. The molecule has 1 unspecified atom stereocenters. The summed E-state index contributed by atoms with van der Waals surface area (Å²) in [6.45, 7) is 9.55. The molecule has 0 radical (unpaired) electrons. The molecule has 28 heavy (non-hydrogen) atoms. The Labute approximate surface area is 167 Å². The minimum atomic E-state index is -0.464. The van der Waals surface area contributed by atoms with Gasteiger partial charge in [0.2, 0.25) is 5.91 Å². The van der Waals surface area contributed by atoms with Crippen LogP contribution in [0.2, 0.25) is 0 Å². The Morgan fingerprint density at radius 3 is 2.50 bits per heavy atom. The van der Waals surface area contributed by atoms with Gasteiger partial charge in [0.25, 0.3) is 5.91 Å². The van der Waals surface area contributed by atoms with E-state index in [-0.39, 0.29) is 11.8 Å². The van der Waals surface area contributed by atoms with Gasteiger partial charge in [0.15, 0.2) is 5.69 Å². The summed E-state index contributed by atoms with van der Waals surface area (Å²) in [5, 5.41) is 14.1. The van der Waals surface area contributed by atoms with Crippen LogP contribution in [0.1, 0.15) is 70.3 Å². The van der Waals surface area contributed by atoms with Gasteiger partial charge in [0.1, 0.15) is 6.10 Å². The first-order chi connectivity index (χ1) is 13.2. The summed E-state index contributed by atoms with van der Waals surface area (Å²) in [6.07, 6.45) is 5.57. The van der Waals surface area contributed by atoms with Gasteiger partial charge in [-0.15, -0.1) is 5.10 Å². The first kappa shape index (κ1) is 22.3. The molecule has 2 N–H and O–H groups in total. The lowest BCUT2D eigenvalue weighted by Crippen LogP contribution is -2.60. The van der Waals surface area contributed by atoms with Crippen molar-refractivity contribution in [3.05, 3.63) is 11.9 Å². The third kappa shape index (κ3) is 6.29. The highest BCUT2D eigenvalue weighted by atomic mass is 16.5. The minimum absolute atomic E-state index is 0.128. The van der Waals surface area contributed by atoms with E-state index in [4.69, 9.17) is 4.74 Å². The predicted molar refractivity (Wildman–Crippen MR) is 107 cm³/mol. The van der Waals surface area contributed by atoms with Gasteiger partial charge in [-0.3, -0.25) is 14.3 Å². The van der Waals surface area contributed by atoms with Crippen LogP contribution in [0.25, 0.3) is 0 Å². The molecule has 1 fully saturated rings. The molecule has 8 heteroatoms. The van der Waals surface area contributed by atoms with Crippen molar-refractivity contribution in [2.24, 2.45) is 11.8 Å². The third-order valence-corrected chi connectivity index (χ3v) is 5.26. The Hall–Kier alpha value is -1.96. The fraction of sp³-hybridized carbons (Fsp3) is 0.800. The lowest BCUT2D eigenvalue weighted by molar-refractivity contribution is -0.132. The van der Waals surface area contributed by atoms with Crippen LogP contribution in [-0.4, -0.2) is 52.1 Å². The normalized spacial score (nSPS) is 16.7. The molecule has 1 heterocycles. The monoisotopic (exact) mass is 393 g/mol. The smallest absolute Gasteiger partial charge is 0.273 e. The van der Waals surface area contributed by atoms with E-state index in [1.165, 1.54) is 0 Å². The zero-order valence-corrected chi connectivity index (χ0v) is 17.8. The van der Waals surface area contributed by atoms with Gasteiger partial charge in [0, 0.05) is 20.2 Å². The molecule has 1 aliphatic carbocycles. The molecule has 1 aliphatic rings. The van der Waals surface area contributed by atoms with E-state index in [2.05, 4.69) is 48.6 Å². The van der Waals surface area contributed by atoms with Crippen molar-refractivity contribution in [3.63, 3.8) is 0 Å². The van der Waals surface area contributed by atoms with Crippen LogP contribution in [0.3, 0.4) is 0 Å². The summed E-state index contributed by atoms with van der Waals surface area (Å²) in [7, 11) is 1.55. The van der Waals surface area contributed by atoms with E-state index >= 15 is 0 Å². The zero-order chi connectivity index (χ0) is 20.7. The van der Waals surface area contributed by atoms with Crippen molar-refractivity contribution >= 4 is 11.8 Å². The standard InChI is InChI=1S/C20H35N5O3/c1-14(2)7-10-25-12-16(23-24-25)18(26)22-20(8-6-9-20)13-21-19(27)17(28-5)11-15(3)4/h12,14-15,17H,6-11,13H2,1-5H3,(H,21,27)(H,22,26). The number of amides is 2. The number of carbonyl (C=O) groups is 2. The summed E-state index contributed by atoms with van der Waals surface area (Å²) in [5.41, 5.74) is -0.0964. The molecule has 8 nitrogen and oxygen atoms in total. The van der Waals surface area contributed by atoms with Crippen molar-refractivity contribution < 1.29 is 14.3 Å². The molecule has 0 aromatic carbocycles. The van der Waals surface area contributed by atoms with Gasteiger partial charge in [-0.25, -0.2) is 0 Å². The number of methoxy groups -OCH3 is 1. The third-order valence-electron chi connectivity index (χ3n) is 5.26. The minimum Gasteiger partial charge on any atom is -0.372 e. The molecule has 2 amide bonds. The topological polar surface area (TPSA) is 98.1 Å². The summed E-state index contributed by atoms with van der Waals surface area (Å²) >= 11 is 0. The average molecular weight is 394 g/mol. The van der Waals surface area contributed by atoms with Crippen LogP contribution >= 0.6 is 0 Å². The maximum absolute atomic E-state index is 12.6. The largest absolute Gasteiger partial charge is 0.372 e. The van der Waals surface area contributed by atoms with E-state index < -0.39 is 11.6 Å². The maximum Gasteiger partial charge on any atom is 0.273 e. The molecule has 1 aromatic heterocycles. The highest BCUT2D eigenvalue weighted by Crippen LogP contribution is 2.31. The van der Waals surface area contributed by atoms with E-state index in [1.807, 2.05) is 0 Å². The molecule has 0 spiro atoms. The van der Waals surface area contributed by atoms with Crippen molar-refractivity contribution in [1.29, 1.82) is 0 Å². The number of aromatic nitrogens is 3. The molecule has 0 aliphatic heterocycles. The Bertz CT molecular complexity index is 652. The van der Waals surface area contributed by atoms with Gasteiger partial charge in [-0.1, -0.05) is 32.9 Å². The lowest BCUT2D eigenvalue weighted by atomic mass is 9.76. The Kier molecular flexibility index (Phi) is 7.98. The van der Waals surface area contributed by atoms with Gasteiger partial charge in [-0.05, 0) is 43.9 Å². The first-order valence-electron chi connectivity index (χ1n) is 10.3. The van der Waals surface area contributed by atoms with E-state index in [0.717, 1.165) is 32.2 Å². The van der Waals surface area contributed by atoms with Gasteiger partial charge in [0.05, 0.1) is 11.7 Å². The average Bonchev–Trinajstić information content (AvgIpc) is 3.08. The summed E-state index contributed by atoms with van der Waals surface area (Å²) in [6, 6.07) is 0. The second-order valence-electron chi connectivity index (χ2n) is 8.71. The number of ether oxygens (including phenoxy) is 1. The first-order valence-corrected chi connectivity index (χ1v) is 10.3. The number of aryl methyl sites for hydroxylation is 1. The molecule has 2 rings (SSSR count). The number of carbonyl (C=O) groups excluding carboxylic acids is 2. The Balaban J connectivity index is 1.90. The fourth-order valence-corrected chi connectivity index (χ4v) is 3.27. The van der Waals surface area contributed by atoms with Crippen LogP contribution < -0.4 is 10.6 Å². The van der Waals surface area contributed by atoms with Crippen molar-refractivity contribution in [1.82, 2.24) is 25.6 Å². The summed E-state index contributed by atoms with van der Waals surface area (Å²) in [5.74, 6) is 0.563. The highest BCUT2D eigenvalue weighted by molar-refractivity contribution is 5.92. The zero-order valence-electron chi connectivity index (χ0n) is 17.8. The molecular weight excluding hydrogens is 358 g/mol. The molecule has 158 valence electrons. The van der Waals surface area contributed by atoms with Crippen molar-refractivity contribution in [2.45, 2.75) is 78.0 Å². The molecule has 0 saturated heterocycles. The van der Waals surface area contributed by atoms with E-state index in [0.29, 0.717) is 30.5 Å². The van der Waals surface area contributed by atoms with Crippen LogP contribution in [0, 0.1) is 11.8 Å². The molecule has 1 aromatic rings. The SMILES string of the molecule is COC(CC(C)C)C(=O)NCC1(NC(=O)c2cn(CCC(C)C)nn2)CCC1. The van der Waals surface area contributed by atoms with Gasteiger partial charge in [-0.2, -0.15) is 0 Å². The van der Waals surface area contributed by atoms with Crippen LogP contribution in [-0.2, 0) is 16.1 Å². The summed E-state index contributed by atoms with van der Waals surface area (Å²) < 4.78 is 7.02. The van der Waals surface area contributed by atoms with Gasteiger partial charge >= 0.3 is 0 Å². The van der Waals surface area contributed by atoms with Crippen LogP contribution in [0.15, 0.2) is 6.20 Å². The second kappa shape index (κ2) is 10.0. The Morgan fingerprint density at radius 1 is 1.25 bits per heavy atom. The van der Waals surface area contributed by atoms with Crippen LogP contribution in [0.4, 0.5) is 0 Å². The maximum atomic E-state index is 12.6. The number of rotatable bonds is 11. The van der Waals surface area contributed by atoms with E-state index in [1.54, 1.807) is 18.0 Å². The molecule has 0 bridgehead atoms. The second-order valence-corrected chi connectivity index (χ2v) is 8.71.